The van der Waals surface area contributed by atoms with Gasteiger partial charge in [0.1, 0.15) is 0 Å². The van der Waals surface area contributed by atoms with Gasteiger partial charge in [-0.2, -0.15) is 11.8 Å². The molecule has 0 aromatic carbocycles. The van der Waals surface area contributed by atoms with Crippen molar-refractivity contribution in [3.05, 3.63) is 0 Å². The van der Waals surface area contributed by atoms with Crippen LogP contribution in [0.1, 0.15) is 20.3 Å². The molecule has 0 aromatic heterocycles. The number of aliphatic hydroxyl groups excluding tert-OH is 1. The molecule has 1 aliphatic rings. The van der Waals surface area contributed by atoms with E-state index in [0.717, 1.165) is 38.4 Å². The summed E-state index contributed by atoms with van der Waals surface area (Å²) in [5, 5.41) is 9.34. The lowest BCUT2D eigenvalue weighted by atomic mass is 10.3. The molecule has 3 nitrogen and oxygen atoms in total. The van der Waals surface area contributed by atoms with Crippen LogP contribution in [0.4, 0.5) is 0 Å². The summed E-state index contributed by atoms with van der Waals surface area (Å²) in [6.07, 6.45) is 1.26. The molecule has 1 heterocycles. The van der Waals surface area contributed by atoms with Gasteiger partial charge in [0, 0.05) is 30.7 Å². The number of rotatable bonds is 6. The summed E-state index contributed by atoms with van der Waals surface area (Å²) in [7, 11) is 0. The van der Waals surface area contributed by atoms with Crippen molar-refractivity contribution < 1.29 is 9.84 Å². The predicted molar refractivity (Wildman–Crippen MR) is 65.5 cm³/mol. The molecule has 0 amide bonds. The van der Waals surface area contributed by atoms with E-state index in [0.29, 0.717) is 18.0 Å². The second-order valence-electron chi connectivity index (χ2n) is 4.04. The van der Waals surface area contributed by atoms with Crippen LogP contribution in [0.15, 0.2) is 0 Å². The molecular weight excluding hydrogens is 210 g/mol. The fourth-order valence-corrected chi connectivity index (χ4v) is 2.72. The summed E-state index contributed by atoms with van der Waals surface area (Å²) in [6.45, 7) is 8.79. The zero-order valence-electron chi connectivity index (χ0n) is 9.82. The van der Waals surface area contributed by atoms with E-state index < -0.39 is 0 Å². The summed E-state index contributed by atoms with van der Waals surface area (Å²) in [4.78, 5) is 2.44. The summed E-state index contributed by atoms with van der Waals surface area (Å²) in [5.41, 5.74) is 0. The lowest BCUT2D eigenvalue weighted by molar-refractivity contribution is -0.0137. The van der Waals surface area contributed by atoms with Crippen molar-refractivity contribution in [1.82, 2.24) is 4.90 Å². The van der Waals surface area contributed by atoms with Gasteiger partial charge in [0.25, 0.3) is 0 Å². The van der Waals surface area contributed by atoms with Gasteiger partial charge in [-0.1, -0.05) is 13.8 Å². The van der Waals surface area contributed by atoms with Crippen molar-refractivity contribution in [3.63, 3.8) is 0 Å². The third-order valence-corrected chi connectivity index (χ3v) is 4.14. The van der Waals surface area contributed by atoms with Crippen molar-refractivity contribution >= 4 is 11.8 Å². The second kappa shape index (κ2) is 7.49. The van der Waals surface area contributed by atoms with E-state index >= 15 is 0 Å². The first-order valence-corrected chi connectivity index (χ1v) is 6.87. The van der Waals surface area contributed by atoms with E-state index in [4.69, 9.17) is 9.84 Å². The minimum Gasteiger partial charge on any atom is -0.396 e. The van der Waals surface area contributed by atoms with Crippen LogP contribution in [0.25, 0.3) is 0 Å². The highest BCUT2D eigenvalue weighted by Crippen LogP contribution is 2.18. The number of aliphatic hydroxyl groups is 1. The number of hydrogen-bond acceptors (Lipinski definition) is 4. The lowest BCUT2D eigenvalue weighted by Gasteiger charge is -2.32. The lowest BCUT2D eigenvalue weighted by Crippen LogP contribution is -2.43. The molecule has 1 N–H and O–H groups in total. The Hall–Kier alpha value is 0.230. The van der Waals surface area contributed by atoms with E-state index in [1.54, 1.807) is 0 Å². The van der Waals surface area contributed by atoms with Crippen LogP contribution in [0.5, 0.6) is 0 Å². The van der Waals surface area contributed by atoms with Crippen molar-refractivity contribution in [2.75, 3.05) is 38.6 Å². The van der Waals surface area contributed by atoms with Gasteiger partial charge in [-0.05, 0) is 13.0 Å². The van der Waals surface area contributed by atoms with E-state index in [9.17, 15) is 0 Å². The van der Waals surface area contributed by atoms with Crippen molar-refractivity contribution in [1.29, 1.82) is 0 Å². The van der Waals surface area contributed by atoms with Crippen LogP contribution in [-0.4, -0.2) is 60.0 Å². The number of thioether (sulfide) groups is 1. The molecule has 0 spiro atoms. The Morgan fingerprint density at radius 2 is 2.40 bits per heavy atom. The number of hydrogen-bond donors (Lipinski definition) is 1. The minimum atomic E-state index is 0.292. The van der Waals surface area contributed by atoms with Crippen molar-refractivity contribution in [3.8, 4) is 0 Å². The van der Waals surface area contributed by atoms with E-state index in [-0.39, 0.29) is 0 Å². The zero-order valence-corrected chi connectivity index (χ0v) is 10.6. The average molecular weight is 233 g/mol. The first-order chi connectivity index (χ1) is 7.26. The first-order valence-electron chi connectivity index (χ1n) is 5.82. The van der Waals surface area contributed by atoms with Crippen LogP contribution in [0, 0.1) is 0 Å². The molecule has 4 heteroatoms. The molecule has 15 heavy (non-hydrogen) atoms. The zero-order chi connectivity index (χ0) is 11.1. The Morgan fingerprint density at radius 1 is 1.60 bits per heavy atom. The monoisotopic (exact) mass is 233 g/mol. The smallest absolute Gasteiger partial charge is 0.0792 e. The standard InChI is InChI=1S/C11H23NO2S/c1-3-12-5-7-14-11(8-12)9-15-10(2)4-6-13/h10-11,13H,3-9H2,1-2H3. The number of likely N-dealkylation sites (N-methyl/N-ethyl adjacent to an activating group) is 1. The highest BCUT2D eigenvalue weighted by Gasteiger charge is 2.19. The Bertz CT molecular complexity index is 169. The maximum Gasteiger partial charge on any atom is 0.0792 e. The van der Waals surface area contributed by atoms with Crippen molar-refractivity contribution in [2.24, 2.45) is 0 Å². The fourth-order valence-electron chi connectivity index (χ4n) is 1.71. The maximum atomic E-state index is 8.80. The Balaban J connectivity index is 2.14. The molecular formula is C11H23NO2S. The second-order valence-corrected chi connectivity index (χ2v) is 5.51. The number of morpholine rings is 1. The van der Waals surface area contributed by atoms with Crippen LogP contribution in [0.3, 0.4) is 0 Å². The molecule has 1 rings (SSSR count). The molecule has 90 valence electrons. The van der Waals surface area contributed by atoms with E-state index in [1.807, 2.05) is 11.8 Å². The highest BCUT2D eigenvalue weighted by atomic mass is 32.2. The van der Waals surface area contributed by atoms with Crippen LogP contribution in [0.2, 0.25) is 0 Å². The molecule has 1 fully saturated rings. The Labute approximate surface area is 97.2 Å². The largest absolute Gasteiger partial charge is 0.396 e. The summed E-state index contributed by atoms with van der Waals surface area (Å²) in [6, 6.07) is 0. The Kier molecular flexibility index (Phi) is 6.64. The van der Waals surface area contributed by atoms with Crippen LogP contribution >= 0.6 is 11.8 Å². The Morgan fingerprint density at radius 3 is 3.07 bits per heavy atom. The third kappa shape index (κ3) is 5.20. The molecule has 0 aliphatic carbocycles. The maximum absolute atomic E-state index is 8.80. The van der Waals surface area contributed by atoms with E-state index in [2.05, 4.69) is 18.7 Å². The normalized spacial score (nSPS) is 25.4. The third-order valence-electron chi connectivity index (χ3n) is 2.77. The SMILES string of the molecule is CCN1CCOC(CSC(C)CCO)C1. The van der Waals surface area contributed by atoms with Gasteiger partial charge in [-0.15, -0.1) is 0 Å². The number of nitrogens with zero attached hydrogens (tertiary/aromatic N) is 1. The van der Waals surface area contributed by atoms with Gasteiger partial charge in [-0.3, -0.25) is 4.90 Å². The van der Waals surface area contributed by atoms with Gasteiger partial charge >= 0.3 is 0 Å². The molecule has 0 saturated carbocycles. The van der Waals surface area contributed by atoms with Gasteiger partial charge in [0.15, 0.2) is 0 Å². The first kappa shape index (κ1) is 13.3. The van der Waals surface area contributed by atoms with Crippen molar-refractivity contribution in [2.45, 2.75) is 31.6 Å². The van der Waals surface area contributed by atoms with Gasteiger partial charge in [0.2, 0.25) is 0 Å². The van der Waals surface area contributed by atoms with Crippen LogP contribution in [-0.2, 0) is 4.74 Å². The molecule has 0 radical (unpaired) electrons. The molecule has 0 bridgehead atoms. The van der Waals surface area contributed by atoms with Gasteiger partial charge in [-0.25, -0.2) is 0 Å². The van der Waals surface area contributed by atoms with Gasteiger partial charge in [0.05, 0.1) is 12.7 Å². The number of ether oxygens (including phenoxy) is 1. The summed E-state index contributed by atoms with van der Waals surface area (Å²) in [5.74, 6) is 1.05. The predicted octanol–water partition coefficient (Wildman–Crippen LogP) is 1.21. The molecule has 1 aliphatic heterocycles. The fraction of sp³-hybridized carbons (Fsp3) is 1.00. The van der Waals surface area contributed by atoms with Gasteiger partial charge < -0.3 is 9.84 Å². The topological polar surface area (TPSA) is 32.7 Å². The summed E-state index contributed by atoms with van der Waals surface area (Å²) >= 11 is 1.91. The molecule has 1 saturated heterocycles. The van der Waals surface area contributed by atoms with Crippen LogP contribution < -0.4 is 0 Å². The molecule has 0 aromatic rings. The highest BCUT2D eigenvalue weighted by molar-refractivity contribution is 7.99. The quantitative estimate of drug-likeness (QED) is 0.747. The van der Waals surface area contributed by atoms with E-state index in [1.165, 1.54) is 0 Å². The average Bonchev–Trinajstić information content (AvgIpc) is 2.27. The molecule has 2 unspecified atom stereocenters. The molecule has 2 atom stereocenters. The minimum absolute atomic E-state index is 0.292. The summed E-state index contributed by atoms with van der Waals surface area (Å²) < 4.78 is 5.71.